The zero-order valence-corrected chi connectivity index (χ0v) is 11.6. The molecular weight excluding hydrogens is 280 g/mol. The molecule has 20 heavy (non-hydrogen) atoms. The number of sulfonamides is 1. The third-order valence-electron chi connectivity index (χ3n) is 4.25. The van der Waals surface area contributed by atoms with Gasteiger partial charge in [0.2, 0.25) is 10.0 Å². The number of nitrogens with zero attached hydrogens (tertiary/aromatic N) is 1. The topological polar surface area (TPSA) is 101 Å². The number of carboxylic acids is 1. The highest BCUT2D eigenvalue weighted by atomic mass is 32.2. The molecule has 1 saturated heterocycles. The minimum atomic E-state index is -3.89. The largest absolute Gasteiger partial charge is 0.478 e. The predicted octanol–water partition coefficient (Wildman–Crippen LogP) is 1.02. The third-order valence-corrected chi connectivity index (χ3v) is 5.16. The van der Waals surface area contributed by atoms with Crippen LogP contribution in [-0.2, 0) is 10.0 Å². The maximum Gasteiger partial charge on any atom is 0.337 e. The number of benzene rings is 1. The molecule has 1 saturated carbocycles. The van der Waals surface area contributed by atoms with Gasteiger partial charge in [0.25, 0.3) is 0 Å². The summed E-state index contributed by atoms with van der Waals surface area (Å²) in [7, 11) is -3.89. The fourth-order valence-corrected chi connectivity index (χ4v) is 3.87. The van der Waals surface area contributed by atoms with Crippen LogP contribution in [-0.4, -0.2) is 32.1 Å². The number of piperidine rings is 1. The number of aromatic carboxylic acids is 1. The number of nitrogens with two attached hydrogens (primary N) is 1. The summed E-state index contributed by atoms with van der Waals surface area (Å²) < 4.78 is 22.7. The molecule has 1 aromatic rings. The van der Waals surface area contributed by atoms with Crippen molar-refractivity contribution in [1.82, 2.24) is 0 Å². The lowest BCUT2D eigenvalue weighted by atomic mass is 10.1. The summed E-state index contributed by atoms with van der Waals surface area (Å²) in [5.41, 5.74) is 0.598. The van der Waals surface area contributed by atoms with E-state index in [1.807, 2.05) is 0 Å². The van der Waals surface area contributed by atoms with Crippen LogP contribution in [0.5, 0.6) is 0 Å². The summed E-state index contributed by atoms with van der Waals surface area (Å²) in [6.45, 7) is 0.847. The molecule has 1 aliphatic heterocycles. The Kier molecular flexibility index (Phi) is 2.98. The van der Waals surface area contributed by atoms with Crippen molar-refractivity contribution in [2.24, 2.45) is 11.1 Å². The van der Waals surface area contributed by atoms with E-state index in [1.165, 1.54) is 12.5 Å². The minimum Gasteiger partial charge on any atom is -0.478 e. The second-order valence-electron chi connectivity index (χ2n) is 5.51. The summed E-state index contributed by atoms with van der Waals surface area (Å²) in [5, 5.41) is 14.4. The molecule has 0 amide bonds. The van der Waals surface area contributed by atoms with Crippen LogP contribution >= 0.6 is 0 Å². The van der Waals surface area contributed by atoms with Crippen LogP contribution in [0.15, 0.2) is 23.1 Å². The van der Waals surface area contributed by atoms with Gasteiger partial charge in [-0.15, -0.1) is 0 Å². The van der Waals surface area contributed by atoms with Gasteiger partial charge in [0.1, 0.15) is 0 Å². The van der Waals surface area contributed by atoms with Gasteiger partial charge in [-0.3, -0.25) is 0 Å². The van der Waals surface area contributed by atoms with Crippen molar-refractivity contribution in [3.05, 3.63) is 23.8 Å². The molecule has 2 aliphatic rings. The van der Waals surface area contributed by atoms with E-state index in [0.717, 1.165) is 25.5 Å². The van der Waals surface area contributed by atoms with E-state index in [2.05, 4.69) is 4.90 Å². The molecule has 0 spiro atoms. The first-order valence-corrected chi connectivity index (χ1v) is 8.07. The summed E-state index contributed by atoms with van der Waals surface area (Å²) in [5.74, 6) is -0.507. The number of carbonyl (C=O) groups is 1. The molecule has 7 heteroatoms. The summed E-state index contributed by atoms with van der Waals surface area (Å²) in [6, 6.07) is 4.46. The molecule has 1 aromatic carbocycles. The average molecular weight is 296 g/mol. The Hall–Kier alpha value is -1.60. The van der Waals surface area contributed by atoms with Gasteiger partial charge in [0, 0.05) is 12.6 Å². The Balaban J connectivity index is 2.05. The molecule has 0 radical (unpaired) electrons. The van der Waals surface area contributed by atoms with Crippen molar-refractivity contribution < 1.29 is 18.3 Å². The van der Waals surface area contributed by atoms with E-state index >= 15 is 0 Å². The zero-order valence-electron chi connectivity index (χ0n) is 10.8. The Morgan fingerprint density at radius 3 is 2.60 bits per heavy atom. The number of rotatable bonds is 3. The number of hydrogen-bond donors (Lipinski definition) is 2. The van der Waals surface area contributed by atoms with Crippen molar-refractivity contribution in [3.8, 4) is 0 Å². The Morgan fingerprint density at radius 1 is 1.35 bits per heavy atom. The molecule has 1 heterocycles. The van der Waals surface area contributed by atoms with Gasteiger partial charge in [-0.1, -0.05) is 0 Å². The molecular formula is C13H16N2O4S. The number of anilines is 1. The highest BCUT2D eigenvalue weighted by Crippen LogP contribution is 2.41. The molecule has 108 valence electrons. The van der Waals surface area contributed by atoms with Crippen molar-refractivity contribution in [1.29, 1.82) is 0 Å². The summed E-state index contributed by atoms with van der Waals surface area (Å²) in [6.07, 6.45) is 3.36. The molecule has 2 bridgehead atoms. The summed E-state index contributed by atoms with van der Waals surface area (Å²) in [4.78, 5) is 13.3. The van der Waals surface area contributed by atoms with Gasteiger partial charge in [-0.25, -0.2) is 18.4 Å². The van der Waals surface area contributed by atoms with Gasteiger partial charge >= 0.3 is 5.97 Å². The lowest BCUT2D eigenvalue weighted by molar-refractivity contribution is 0.0697. The monoisotopic (exact) mass is 296 g/mol. The van der Waals surface area contributed by atoms with Crippen LogP contribution in [0, 0.1) is 5.92 Å². The number of carboxylic acid groups (broad SMARTS) is 1. The second-order valence-corrected chi connectivity index (χ2v) is 7.08. The minimum absolute atomic E-state index is 0.00377. The second kappa shape index (κ2) is 4.46. The number of hydrogen-bond acceptors (Lipinski definition) is 4. The molecule has 2 atom stereocenters. The van der Waals surface area contributed by atoms with Crippen molar-refractivity contribution in [2.75, 3.05) is 11.4 Å². The maximum absolute atomic E-state index is 11.4. The zero-order chi connectivity index (χ0) is 14.5. The first-order valence-electron chi connectivity index (χ1n) is 6.53. The number of primary sulfonamides is 1. The van der Waals surface area contributed by atoms with E-state index in [0.29, 0.717) is 17.6 Å². The normalized spacial score (nSPS) is 25.1. The van der Waals surface area contributed by atoms with Crippen LogP contribution < -0.4 is 10.0 Å². The van der Waals surface area contributed by atoms with Crippen molar-refractivity contribution in [3.63, 3.8) is 0 Å². The fourth-order valence-electron chi connectivity index (χ4n) is 3.33. The number of fused-ring (bicyclic) bond motifs is 2. The van der Waals surface area contributed by atoms with E-state index in [9.17, 15) is 18.3 Å². The van der Waals surface area contributed by atoms with Crippen molar-refractivity contribution >= 4 is 21.7 Å². The average Bonchev–Trinajstić information content (AvgIpc) is 2.99. The first-order chi connectivity index (χ1) is 9.36. The Morgan fingerprint density at radius 2 is 2.10 bits per heavy atom. The molecule has 6 nitrogen and oxygen atoms in total. The van der Waals surface area contributed by atoms with Gasteiger partial charge in [-0.2, -0.15) is 0 Å². The quantitative estimate of drug-likeness (QED) is 0.867. The predicted molar refractivity (Wildman–Crippen MR) is 73.2 cm³/mol. The van der Waals surface area contributed by atoms with Crippen LogP contribution in [0.1, 0.15) is 29.6 Å². The van der Waals surface area contributed by atoms with Gasteiger partial charge < -0.3 is 10.0 Å². The van der Waals surface area contributed by atoms with Gasteiger partial charge in [-0.05, 0) is 43.4 Å². The lowest BCUT2D eigenvalue weighted by Crippen LogP contribution is -2.33. The molecule has 2 fully saturated rings. The lowest BCUT2D eigenvalue weighted by Gasteiger charge is -2.30. The third kappa shape index (κ3) is 2.16. The Labute approximate surface area is 117 Å². The molecule has 0 aromatic heterocycles. The fraction of sp³-hybridized carbons (Fsp3) is 0.462. The molecule has 1 aliphatic carbocycles. The van der Waals surface area contributed by atoms with E-state index in [4.69, 9.17) is 5.14 Å². The highest BCUT2D eigenvalue weighted by molar-refractivity contribution is 7.89. The van der Waals surface area contributed by atoms with Gasteiger partial charge in [0.15, 0.2) is 0 Å². The first kappa shape index (κ1) is 13.4. The molecule has 3 N–H and O–H groups in total. The molecule has 3 rings (SSSR count). The van der Waals surface area contributed by atoms with E-state index < -0.39 is 16.0 Å². The van der Waals surface area contributed by atoms with Crippen LogP contribution in [0.25, 0.3) is 0 Å². The maximum atomic E-state index is 11.4. The summed E-state index contributed by atoms with van der Waals surface area (Å²) >= 11 is 0. The smallest absolute Gasteiger partial charge is 0.337 e. The standard InChI is InChI=1S/C13H16N2O4S/c14-20(18,19)10-3-4-12(11(6-10)13(16)17)15-7-8-1-2-9(15)5-8/h3-4,6,8-9H,1-2,5,7H2,(H,16,17)(H2,14,18,19). The highest BCUT2D eigenvalue weighted by Gasteiger charge is 2.39. The molecule has 2 unspecified atom stereocenters. The Bertz CT molecular complexity index is 671. The van der Waals surface area contributed by atoms with Crippen LogP contribution in [0.4, 0.5) is 5.69 Å². The van der Waals surface area contributed by atoms with E-state index in [1.54, 1.807) is 6.07 Å². The van der Waals surface area contributed by atoms with Gasteiger partial charge in [0.05, 0.1) is 16.1 Å². The van der Waals surface area contributed by atoms with Crippen LogP contribution in [0.3, 0.4) is 0 Å². The van der Waals surface area contributed by atoms with Crippen LogP contribution in [0.2, 0.25) is 0 Å². The SMILES string of the molecule is NS(=O)(=O)c1ccc(N2CC3CCC2C3)c(C(=O)O)c1. The van der Waals surface area contributed by atoms with Crippen molar-refractivity contribution in [2.45, 2.75) is 30.2 Å². The van der Waals surface area contributed by atoms with E-state index in [-0.39, 0.29) is 10.5 Å².